The van der Waals surface area contributed by atoms with Gasteiger partial charge in [0.2, 0.25) is 11.8 Å². The third-order valence-corrected chi connectivity index (χ3v) is 5.32. The maximum Gasteiger partial charge on any atom is 0.303 e. The predicted octanol–water partition coefficient (Wildman–Crippen LogP) is 4.86. The van der Waals surface area contributed by atoms with Gasteiger partial charge in [-0.1, -0.05) is 59.3 Å². The van der Waals surface area contributed by atoms with Crippen molar-refractivity contribution in [1.29, 1.82) is 0 Å². The Kier molecular flexibility index (Phi) is 16.3. The summed E-state index contributed by atoms with van der Waals surface area (Å²) in [5.41, 5.74) is 0. The van der Waals surface area contributed by atoms with Crippen LogP contribution in [0.25, 0.3) is 0 Å². The number of carboxylic acid groups (broad SMARTS) is 1. The number of nitrogens with zero attached hydrogens (tertiary/aromatic N) is 2. The summed E-state index contributed by atoms with van der Waals surface area (Å²) in [5.74, 6) is -1.04. The summed E-state index contributed by atoms with van der Waals surface area (Å²) < 4.78 is 0. The largest absolute Gasteiger partial charge is 0.481 e. The average Bonchev–Trinajstić information content (AvgIpc) is 2.69. The molecule has 0 heterocycles. The molecule has 1 atom stereocenters. The molecule has 170 valence electrons. The Morgan fingerprint density at radius 3 is 1.72 bits per heavy atom. The topological polar surface area (TPSA) is 77.9 Å². The Morgan fingerprint density at radius 1 is 0.759 bits per heavy atom. The molecule has 0 unspecified atom stereocenters. The van der Waals surface area contributed by atoms with Crippen LogP contribution in [0.15, 0.2) is 0 Å². The molecule has 6 heteroatoms. The van der Waals surface area contributed by atoms with Gasteiger partial charge in [-0.05, 0) is 32.6 Å². The van der Waals surface area contributed by atoms with Gasteiger partial charge in [0, 0.05) is 32.5 Å². The fourth-order valence-electron chi connectivity index (χ4n) is 3.56. The van der Waals surface area contributed by atoms with Gasteiger partial charge in [0.1, 0.15) is 6.04 Å². The van der Waals surface area contributed by atoms with Gasteiger partial charge < -0.3 is 14.9 Å². The second-order valence-corrected chi connectivity index (χ2v) is 7.82. The molecule has 0 rings (SSSR count). The van der Waals surface area contributed by atoms with Gasteiger partial charge in [0.05, 0.1) is 0 Å². The summed E-state index contributed by atoms with van der Waals surface area (Å²) in [5, 5.41) is 9.17. The van der Waals surface area contributed by atoms with Gasteiger partial charge in [-0.25, -0.2) is 0 Å². The third kappa shape index (κ3) is 11.9. The quantitative estimate of drug-likeness (QED) is 0.326. The number of aliphatic carboxylic acids is 1. The van der Waals surface area contributed by atoms with Gasteiger partial charge in [-0.2, -0.15) is 0 Å². The molecular formula is C23H44N2O4. The van der Waals surface area contributed by atoms with Gasteiger partial charge >= 0.3 is 5.97 Å². The number of rotatable bonds is 18. The molecule has 0 saturated carbocycles. The van der Waals surface area contributed by atoms with Crippen molar-refractivity contribution in [1.82, 2.24) is 9.80 Å². The number of carbonyl (C=O) groups is 3. The monoisotopic (exact) mass is 412 g/mol. The van der Waals surface area contributed by atoms with Crippen LogP contribution < -0.4 is 0 Å². The highest BCUT2D eigenvalue weighted by molar-refractivity contribution is 5.88. The van der Waals surface area contributed by atoms with Gasteiger partial charge in [-0.15, -0.1) is 0 Å². The lowest BCUT2D eigenvalue weighted by Gasteiger charge is -2.34. The summed E-state index contributed by atoms with van der Waals surface area (Å²) in [6.07, 6.45) is 9.48. The first-order chi connectivity index (χ1) is 13.9. The third-order valence-electron chi connectivity index (χ3n) is 5.32. The molecule has 0 aliphatic heterocycles. The first kappa shape index (κ1) is 27.4. The van der Waals surface area contributed by atoms with E-state index in [0.717, 1.165) is 57.8 Å². The smallest absolute Gasteiger partial charge is 0.303 e. The maximum atomic E-state index is 13.4. The van der Waals surface area contributed by atoms with Crippen LogP contribution >= 0.6 is 0 Å². The number of unbranched alkanes of at least 4 members (excludes halogenated alkanes) is 6. The maximum absolute atomic E-state index is 13.4. The van der Waals surface area contributed by atoms with Crippen molar-refractivity contribution in [2.24, 2.45) is 0 Å². The molecule has 6 nitrogen and oxygen atoms in total. The van der Waals surface area contributed by atoms with Gasteiger partial charge in [-0.3, -0.25) is 14.4 Å². The Hall–Kier alpha value is -1.59. The van der Waals surface area contributed by atoms with Crippen LogP contribution in [0.5, 0.6) is 0 Å². The second-order valence-electron chi connectivity index (χ2n) is 7.82. The van der Waals surface area contributed by atoms with E-state index in [2.05, 4.69) is 20.8 Å². The molecule has 0 aromatic rings. The summed E-state index contributed by atoms with van der Waals surface area (Å²) in [6.45, 7) is 10.0. The minimum atomic E-state index is -0.930. The highest BCUT2D eigenvalue weighted by Gasteiger charge is 2.31. The van der Waals surface area contributed by atoms with Crippen molar-refractivity contribution >= 4 is 17.8 Å². The molecule has 0 bridgehead atoms. The Morgan fingerprint density at radius 2 is 1.28 bits per heavy atom. The minimum absolute atomic E-state index is 0.0354. The second kappa shape index (κ2) is 17.3. The SMILES string of the molecule is CCCCCC(=O)N(CC)[C@@H](CCC(=O)O)C(=O)N(CCCCC)CCCCC. The molecule has 0 aromatic heterocycles. The zero-order valence-corrected chi connectivity index (χ0v) is 19.3. The molecular weight excluding hydrogens is 368 g/mol. The zero-order chi connectivity index (χ0) is 22.1. The molecule has 29 heavy (non-hydrogen) atoms. The Balaban J connectivity index is 5.39. The van der Waals surface area contributed by atoms with Crippen molar-refractivity contribution in [3.05, 3.63) is 0 Å². The summed E-state index contributed by atoms with van der Waals surface area (Å²) in [4.78, 5) is 40.9. The molecule has 1 N–H and O–H groups in total. The van der Waals surface area contributed by atoms with E-state index in [1.807, 2.05) is 11.8 Å². The van der Waals surface area contributed by atoms with E-state index in [1.165, 1.54) is 0 Å². The minimum Gasteiger partial charge on any atom is -0.481 e. The number of hydrogen-bond donors (Lipinski definition) is 1. The first-order valence-corrected chi connectivity index (χ1v) is 11.7. The van der Waals surface area contributed by atoms with Crippen LogP contribution in [0.1, 0.15) is 105 Å². The van der Waals surface area contributed by atoms with E-state index in [9.17, 15) is 14.4 Å². The predicted molar refractivity (Wildman–Crippen MR) is 118 cm³/mol. The van der Waals surface area contributed by atoms with Crippen molar-refractivity contribution in [3.63, 3.8) is 0 Å². The molecule has 0 fully saturated rings. The van der Waals surface area contributed by atoms with Crippen LogP contribution in [0.2, 0.25) is 0 Å². The van der Waals surface area contributed by atoms with Crippen molar-refractivity contribution in [2.75, 3.05) is 19.6 Å². The molecule has 0 aromatic carbocycles. The van der Waals surface area contributed by atoms with Crippen LogP contribution in [0.3, 0.4) is 0 Å². The van der Waals surface area contributed by atoms with E-state index < -0.39 is 12.0 Å². The zero-order valence-electron chi connectivity index (χ0n) is 19.3. The molecule has 0 aliphatic rings. The van der Waals surface area contributed by atoms with Gasteiger partial charge in [0.25, 0.3) is 0 Å². The van der Waals surface area contributed by atoms with E-state index >= 15 is 0 Å². The summed E-state index contributed by atoms with van der Waals surface area (Å²) in [6, 6.07) is -0.673. The van der Waals surface area contributed by atoms with Crippen molar-refractivity contribution in [2.45, 2.75) is 111 Å². The standard InChI is InChI=1S/C23H44N2O4/c1-5-9-12-15-21(26)25(8-4)20(16-17-22(27)28)23(29)24(18-13-10-6-2)19-14-11-7-3/h20H,5-19H2,1-4H3,(H,27,28)/t20-/m0/s1. The molecule has 0 saturated heterocycles. The molecule has 0 aliphatic carbocycles. The fourth-order valence-corrected chi connectivity index (χ4v) is 3.56. The summed E-state index contributed by atoms with van der Waals surface area (Å²) in [7, 11) is 0. The lowest BCUT2D eigenvalue weighted by atomic mass is 10.1. The van der Waals surface area contributed by atoms with E-state index in [-0.39, 0.29) is 24.7 Å². The van der Waals surface area contributed by atoms with Crippen LogP contribution in [-0.4, -0.2) is 58.4 Å². The highest BCUT2D eigenvalue weighted by Crippen LogP contribution is 2.16. The van der Waals surface area contributed by atoms with Crippen LogP contribution in [-0.2, 0) is 14.4 Å². The van der Waals surface area contributed by atoms with Crippen LogP contribution in [0.4, 0.5) is 0 Å². The number of amides is 2. The number of carbonyl (C=O) groups excluding carboxylic acids is 2. The first-order valence-electron chi connectivity index (χ1n) is 11.7. The van der Waals surface area contributed by atoms with E-state index in [0.29, 0.717) is 26.1 Å². The van der Waals surface area contributed by atoms with Crippen LogP contribution in [0, 0.1) is 0 Å². The van der Waals surface area contributed by atoms with Gasteiger partial charge in [0.15, 0.2) is 0 Å². The lowest BCUT2D eigenvalue weighted by molar-refractivity contribution is -0.147. The highest BCUT2D eigenvalue weighted by atomic mass is 16.4. The number of carboxylic acids is 1. The normalized spacial score (nSPS) is 11.9. The number of likely N-dealkylation sites (N-methyl/N-ethyl adjacent to an activating group) is 1. The number of hydrogen-bond acceptors (Lipinski definition) is 3. The molecule has 2 amide bonds. The van der Waals surface area contributed by atoms with Crippen molar-refractivity contribution < 1.29 is 19.5 Å². The Bertz CT molecular complexity index is 458. The Labute approximate surface area is 178 Å². The van der Waals surface area contributed by atoms with E-state index in [1.54, 1.807) is 4.90 Å². The molecule has 0 spiro atoms. The average molecular weight is 413 g/mol. The fraction of sp³-hybridized carbons (Fsp3) is 0.870. The molecule has 0 radical (unpaired) electrons. The summed E-state index contributed by atoms with van der Waals surface area (Å²) >= 11 is 0. The van der Waals surface area contributed by atoms with Crippen molar-refractivity contribution in [3.8, 4) is 0 Å². The van der Waals surface area contributed by atoms with E-state index in [4.69, 9.17) is 5.11 Å². The lowest BCUT2D eigenvalue weighted by Crippen LogP contribution is -2.51.